The van der Waals surface area contributed by atoms with E-state index in [9.17, 15) is 0 Å². The van der Waals surface area contributed by atoms with Crippen LogP contribution < -0.4 is 0 Å². The lowest BCUT2D eigenvalue weighted by Crippen LogP contribution is -2.25. The Hall–Kier alpha value is -0.130. The summed E-state index contributed by atoms with van der Waals surface area (Å²) in [5.74, 6) is 2.71. The van der Waals surface area contributed by atoms with Crippen LogP contribution in [0.4, 0.5) is 0 Å². The Kier molecular flexibility index (Phi) is 5.35. The van der Waals surface area contributed by atoms with Gasteiger partial charge in [-0.15, -0.1) is 11.8 Å². The minimum Gasteiger partial charge on any atom is -0.302 e. The summed E-state index contributed by atoms with van der Waals surface area (Å²) in [5.41, 5.74) is 1.32. The molecule has 1 aromatic rings. The number of rotatable bonds is 7. The molecule has 2 fully saturated rings. The number of piperidine rings is 1. The Morgan fingerprint density at radius 2 is 2.20 bits per heavy atom. The minimum atomic E-state index is 0.661. The molecular formula is C15H25N3S2. The van der Waals surface area contributed by atoms with Crippen LogP contribution in [0.2, 0.25) is 0 Å². The fourth-order valence-electron chi connectivity index (χ4n) is 3.53. The first-order valence-corrected chi connectivity index (χ1v) is 9.77. The lowest BCUT2D eigenvalue weighted by molar-refractivity contribution is 0.269. The van der Waals surface area contributed by atoms with Crippen LogP contribution in [0.15, 0.2) is 5.03 Å². The number of unbranched alkanes of at least 4 members (excludes halogenated alkanes) is 3. The maximum Gasteiger partial charge on any atom is 0.134 e. The molecule has 2 aliphatic rings. The Balaban J connectivity index is 1.56. The van der Waals surface area contributed by atoms with E-state index < -0.39 is 0 Å². The van der Waals surface area contributed by atoms with Crippen molar-refractivity contribution in [2.45, 2.75) is 56.4 Å². The Morgan fingerprint density at radius 3 is 3.05 bits per heavy atom. The fourth-order valence-corrected chi connectivity index (χ4v) is 5.31. The molecule has 0 aromatic carbocycles. The normalized spacial score (nSPS) is 28.9. The van der Waals surface area contributed by atoms with Gasteiger partial charge in [-0.25, -0.2) is 0 Å². The Bertz CT molecular complexity index is 421. The van der Waals surface area contributed by atoms with Gasteiger partial charge in [0.15, 0.2) is 0 Å². The molecule has 2 saturated heterocycles. The zero-order chi connectivity index (χ0) is 13.8. The van der Waals surface area contributed by atoms with E-state index in [2.05, 4.69) is 20.6 Å². The van der Waals surface area contributed by atoms with Gasteiger partial charge in [-0.2, -0.15) is 8.75 Å². The lowest BCUT2D eigenvalue weighted by atomic mass is 9.89. The second-order valence-corrected chi connectivity index (χ2v) is 7.74. The summed E-state index contributed by atoms with van der Waals surface area (Å²) in [6, 6.07) is 0. The topological polar surface area (TPSA) is 29.0 Å². The van der Waals surface area contributed by atoms with E-state index in [1.54, 1.807) is 0 Å². The molecule has 5 heteroatoms. The molecule has 0 amide bonds. The predicted octanol–water partition coefficient (Wildman–Crippen LogP) is 4.02. The van der Waals surface area contributed by atoms with Gasteiger partial charge in [0.2, 0.25) is 0 Å². The summed E-state index contributed by atoms with van der Waals surface area (Å²) < 4.78 is 9.22. The smallest absolute Gasteiger partial charge is 0.134 e. The highest BCUT2D eigenvalue weighted by atomic mass is 32.2. The van der Waals surface area contributed by atoms with E-state index in [1.807, 2.05) is 11.8 Å². The van der Waals surface area contributed by atoms with Gasteiger partial charge in [0.25, 0.3) is 0 Å². The van der Waals surface area contributed by atoms with Crippen molar-refractivity contribution >= 4 is 23.5 Å². The molecule has 1 aromatic heterocycles. The van der Waals surface area contributed by atoms with Crippen LogP contribution in [-0.4, -0.2) is 39.0 Å². The zero-order valence-corrected chi connectivity index (χ0v) is 14.0. The number of hydrogen-bond acceptors (Lipinski definition) is 5. The van der Waals surface area contributed by atoms with Crippen LogP contribution in [0.25, 0.3) is 0 Å². The van der Waals surface area contributed by atoms with E-state index >= 15 is 0 Å². The van der Waals surface area contributed by atoms with Crippen LogP contribution >= 0.6 is 23.5 Å². The first-order valence-electron chi connectivity index (χ1n) is 8.06. The van der Waals surface area contributed by atoms with Crippen molar-refractivity contribution in [1.82, 2.24) is 13.6 Å². The second-order valence-electron chi connectivity index (χ2n) is 6.13. The van der Waals surface area contributed by atoms with E-state index in [0.717, 1.165) is 5.92 Å². The molecule has 112 valence electrons. The van der Waals surface area contributed by atoms with Crippen molar-refractivity contribution in [3.05, 3.63) is 5.69 Å². The summed E-state index contributed by atoms with van der Waals surface area (Å²) in [7, 11) is 0. The summed E-state index contributed by atoms with van der Waals surface area (Å²) in [4.78, 5) is 2.62. The van der Waals surface area contributed by atoms with Gasteiger partial charge >= 0.3 is 0 Å². The Morgan fingerprint density at radius 1 is 1.25 bits per heavy atom. The molecule has 0 aliphatic carbocycles. The molecule has 2 unspecified atom stereocenters. The molecule has 2 aliphatic heterocycles. The van der Waals surface area contributed by atoms with Crippen molar-refractivity contribution in [2.75, 3.05) is 25.4 Å². The SMILES string of the molecule is CCCCCCSc1nsnc1C1CN2CCC[C@H]1C2. The fraction of sp³-hybridized carbons (Fsp3) is 0.867. The van der Waals surface area contributed by atoms with Crippen molar-refractivity contribution in [1.29, 1.82) is 0 Å². The van der Waals surface area contributed by atoms with Gasteiger partial charge in [0.05, 0.1) is 17.4 Å². The summed E-state index contributed by atoms with van der Waals surface area (Å²) in [5, 5.41) is 1.24. The van der Waals surface area contributed by atoms with Gasteiger partial charge in [0, 0.05) is 19.0 Å². The lowest BCUT2D eigenvalue weighted by Gasteiger charge is -2.21. The summed E-state index contributed by atoms with van der Waals surface area (Å²) >= 11 is 3.36. The number of aromatic nitrogens is 2. The first-order chi connectivity index (χ1) is 9.88. The zero-order valence-electron chi connectivity index (χ0n) is 12.4. The first kappa shape index (κ1) is 14.8. The van der Waals surface area contributed by atoms with Crippen LogP contribution in [0.3, 0.4) is 0 Å². The van der Waals surface area contributed by atoms with E-state index in [1.165, 1.54) is 86.4 Å². The molecule has 0 spiro atoms. The molecule has 0 N–H and O–H groups in total. The molecule has 3 nitrogen and oxygen atoms in total. The van der Waals surface area contributed by atoms with Gasteiger partial charge in [-0.3, -0.25) is 0 Å². The molecule has 20 heavy (non-hydrogen) atoms. The maximum atomic E-state index is 4.66. The standard InChI is InChI=1S/C15H25N3S2/c1-2-3-4-5-9-19-15-14(16-20-17-15)13-11-18-8-6-7-12(13)10-18/h12-13H,2-11H2,1H3/t12-,13?/m0/s1. The largest absolute Gasteiger partial charge is 0.302 e. The summed E-state index contributed by atoms with van der Waals surface area (Å²) in [6.07, 6.45) is 8.11. The van der Waals surface area contributed by atoms with Gasteiger partial charge in [-0.05, 0) is 37.5 Å². The molecule has 3 heterocycles. The Labute approximate surface area is 130 Å². The summed E-state index contributed by atoms with van der Waals surface area (Å²) in [6.45, 7) is 6.08. The van der Waals surface area contributed by atoms with E-state index in [4.69, 9.17) is 0 Å². The van der Waals surface area contributed by atoms with Crippen LogP contribution in [0.1, 0.15) is 57.1 Å². The highest BCUT2D eigenvalue weighted by Crippen LogP contribution is 2.41. The third-order valence-corrected chi connectivity index (χ3v) is 6.36. The average molecular weight is 312 g/mol. The quantitative estimate of drug-likeness (QED) is 0.562. The molecule has 3 atom stereocenters. The number of fused-ring (bicyclic) bond motifs is 2. The molecular weight excluding hydrogens is 286 g/mol. The van der Waals surface area contributed by atoms with E-state index in [-0.39, 0.29) is 0 Å². The van der Waals surface area contributed by atoms with Gasteiger partial charge < -0.3 is 4.90 Å². The highest BCUT2D eigenvalue weighted by molar-refractivity contribution is 7.99. The van der Waals surface area contributed by atoms with Crippen LogP contribution in [-0.2, 0) is 0 Å². The molecule has 0 saturated carbocycles. The number of nitrogens with zero attached hydrogens (tertiary/aromatic N) is 3. The third kappa shape index (κ3) is 3.37. The maximum absolute atomic E-state index is 4.66. The van der Waals surface area contributed by atoms with Crippen molar-refractivity contribution < 1.29 is 0 Å². The second kappa shape index (κ2) is 7.23. The minimum absolute atomic E-state index is 0.661. The monoisotopic (exact) mass is 311 g/mol. The van der Waals surface area contributed by atoms with Gasteiger partial charge in [0.1, 0.15) is 5.03 Å². The third-order valence-electron chi connectivity index (χ3n) is 4.64. The van der Waals surface area contributed by atoms with E-state index in [0.29, 0.717) is 5.92 Å². The van der Waals surface area contributed by atoms with Crippen molar-refractivity contribution in [3.8, 4) is 0 Å². The average Bonchev–Trinajstić information content (AvgIpc) is 3.03. The molecule has 2 bridgehead atoms. The molecule has 0 radical (unpaired) electrons. The van der Waals surface area contributed by atoms with Crippen molar-refractivity contribution in [3.63, 3.8) is 0 Å². The van der Waals surface area contributed by atoms with Crippen LogP contribution in [0, 0.1) is 5.92 Å². The van der Waals surface area contributed by atoms with Crippen LogP contribution in [0.5, 0.6) is 0 Å². The number of thioether (sulfide) groups is 1. The number of hydrogen-bond donors (Lipinski definition) is 0. The van der Waals surface area contributed by atoms with Gasteiger partial charge in [-0.1, -0.05) is 26.2 Å². The highest BCUT2D eigenvalue weighted by Gasteiger charge is 2.38. The predicted molar refractivity (Wildman–Crippen MR) is 86.7 cm³/mol. The van der Waals surface area contributed by atoms with Crippen molar-refractivity contribution in [2.24, 2.45) is 5.92 Å². The molecule has 3 rings (SSSR count).